The molecule has 0 atom stereocenters. The number of aryl methyl sites for hydroxylation is 1. The Morgan fingerprint density at radius 1 is 1.05 bits per heavy atom. The lowest BCUT2D eigenvalue weighted by atomic mass is 10.1. The van der Waals surface area contributed by atoms with Gasteiger partial charge in [0.05, 0.1) is 12.6 Å². The molecule has 22 heavy (non-hydrogen) atoms. The highest BCUT2D eigenvalue weighted by molar-refractivity contribution is 5.75. The molecule has 0 spiro atoms. The normalized spacial score (nSPS) is 11.1. The summed E-state index contributed by atoms with van der Waals surface area (Å²) in [5.74, 6) is 2.08. The molecular formula is C18H24N3O+. The Bertz CT molecular complexity index is 762. The molecule has 1 aliphatic heterocycles. The van der Waals surface area contributed by atoms with Gasteiger partial charge >= 0.3 is 5.65 Å². The largest absolute Gasteiger partial charge is 0.460 e. The van der Waals surface area contributed by atoms with Crippen LogP contribution in [0.1, 0.15) is 27.7 Å². The topological polar surface area (TPSA) is 30.9 Å². The highest BCUT2D eigenvalue weighted by Crippen LogP contribution is 2.33. The SMILES string of the molecule is CC.CC.C[n+]1c2n(c3cccnc31)COc1ccccc1-2. The van der Waals surface area contributed by atoms with Gasteiger partial charge in [0, 0.05) is 0 Å². The number of nitrogens with zero attached hydrogens (tertiary/aromatic N) is 3. The maximum atomic E-state index is 5.79. The Kier molecular flexibility index (Phi) is 5.15. The second-order valence-electron chi connectivity index (χ2n) is 4.43. The first-order chi connectivity index (χ1) is 10.9. The first kappa shape index (κ1) is 16.0. The van der Waals surface area contributed by atoms with Crippen LogP contribution in [-0.4, -0.2) is 9.55 Å². The van der Waals surface area contributed by atoms with E-state index in [-0.39, 0.29) is 0 Å². The van der Waals surface area contributed by atoms with E-state index in [2.05, 4.69) is 26.3 Å². The van der Waals surface area contributed by atoms with E-state index in [4.69, 9.17) is 4.74 Å². The molecule has 116 valence electrons. The number of rotatable bonds is 0. The van der Waals surface area contributed by atoms with Crippen molar-refractivity contribution in [3.63, 3.8) is 0 Å². The average molecular weight is 298 g/mol. The molecule has 3 heterocycles. The summed E-state index contributed by atoms with van der Waals surface area (Å²) in [6.45, 7) is 8.54. The van der Waals surface area contributed by atoms with Gasteiger partial charge in [0.1, 0.15) is 11.9 Å². The molecule has 0 aliphatic carbocycles. The molecule has 0 saturated carbocycles. The summed E-state index contributed by atoms with van der Waals surface area (Å²) in [7, 11) is 2.04. The number of hydrogen-bond acceptors (Lipinski definition) is 2. The van der Waals surface area contributed by atoms with Gasteiger partial charge in [-0.1, -0.05) is 39.8 Å². The third-order valence-electron chi connectivity index (χ3n) is 3.43. The van der Waals surface area contributed by atoms with Crippen LogP contribution < -0.4 is 9.30 Å². The van der Waals surface area contributed by atoms with Crippen molar-refractivity contribution in [2.24, 2.45) is 7.05 Å². The molecule has 4 heteroatoms. The van der Waals surface area contributed by atoms with Crippen LogP contribution in [0.25, 0.3) is 22.6 Å². The van der Waals surface area contributed by atoms with Crippen molar-refractivity contribution < 1.29 is 9.30 Å². The van der Waals surface area contributed by atoms with E-state index in [1.165, 1.54) is 0 Å². The first-order valence-corrected chi connectivity index (χ1v) is 7.92. The minimum absolute atomic E-state index is 0.537. The standard InChI is InChI=1S/C14H12N3O.2C2H6/c1-16-13-11(6-4-8-15-13)17-9-18-12-7-3-2-5-10(12)14(16)17;2*1-2/h2-8H,9H2,1H3;2*1-2H3/q+1;;. The zero-order chi connectivity index (χ0) is 16.1. The number of para-hydroxylation sites is 1. The fourth-order valence-electron chi connectivity index (χ4n) is 2.62. The van der Waals surface area contributed by atoms with Crippen molar-refractivity contribution in [3.05, 3.63) is 42.6 Å². The van der Waals surface area contributed by atoms with Crippen molar-refractivity contribution in [2.45, 2.75) is 34.4 Å². The number of fused-ring (bicyclic) bond motifs is 5. The summed E-state index contributed by atoms with van der Waals surface area (Å²) in [5.41, 5.74) is 3.20. The fraction of sp³-hybridized carbons (Fsp3) is 0.333. The molecule has 4 nitrogen and oxygen atoms in total. The lowest BCUT2D eigenvalue weighted by molar-refractivity contribution is -0.636. The predicted octanol–water partition coefficient (Wildman–Crippen LogP) is 3.93. The monoisotopic (exact) mass is 298 g/mol. The van der Waals surface area contributed by atoms with Gasteiger partial charge in [-0.3, -0.25) is 0 Å². The van der Waals surface area contributed by atoms with Gasteiger partial charge in [-0.2, -0.15) is 0 Å². The van der Waals surface area contributed by atoms with E-state index < -0.39 is 0 Å². The maximum Gasteiger partial charge on any atom is 0.302 e. The number of aromatic nitrogens is 3. The van der Waals surface area contributed by atoms with Crippen LogP contribution >= 0.6 is 0 Å². The highest BCUT2D eigenvalue weighted by Gasteiger charge is 2.29. The van der Waals surface area contributed by atoms with Gasteiger partial charge in [-0.25, -0.2) is 9.13 Å². The third-order valence-corrected chi connectivity index (χ3v) is 3.43. The zero-order valence-corrected chi connectivity index (χ0v) is 14.0. The Labute approximate surface area is 132 Å². The summed E-state index contributed by atoms with van der Waals surface area (Å²) in [4.78, 5) is 4.45. The number of imidazole rings is 1. The number of benzene rings is 1. The smallest absolute Gasteiger partial charge is 0.302 e. The molecular weight excluding hydrogens is 274 g/mol. The van der Waals surface area contributed by atoms with Crippen LogP contribution in [0.5, 0.6) is 5.75 Å². The molecule has 0 amide bonds. The molecule has 0 saturated heterocycles. The summed E-state index contributed by atoms with van der Waals surface area (Å²) >= 11 is 0. The van der Waals surface area contributed by atoms with E-state index in [1.807, 2.05) is 65.2 Å². The molecule has 1 aromatic carbocycles. The lowest BCUT2D eigenvalue weighted by Crippen LogP contribution is -2.32. The van der Waals surface area contributed by atoms with Gasteiger partial charge in [-0.15, -0.1) is 4.98 Å². The van der Waals surface area contributed by atoms with Crippen molar-refractivity contribution >= 4 is 11.2 Å². The van der Waals surface area contributed by atoms with Crippen LogP contribution in [0.4, 0.5) is 0 Å². The average Bonchev–Trinajstić information content (AvgIpc) is 2.92. The summed E-state index contributed by atoms with van der Waals surface area (Å²) in [5, 5.41) is 0. The quantitative estimate of drug-likeness (QED) is 0.589. The van der Waals surface area contributed by atoms with Crippen LogP contribution in [0.3, 0.4) is 0 Å². The molecule has 0 unspecified atom stereocenters. The van der Waals surface area contributed by atoms with Gasteiger partial charge < -0.3 is 4.74 Å². The number of pyridine rings is 1. The van der Waals surface area contributed by atoms with Crippen molar-refractivity contribution in [1.29, 1.82) is 0 Å². The van der Waals surface area contributed by atoms with Gasteiger partial charge in [-0.05, 0) is 24.3 Å². The van der Waals surface area contributed by atoms with Crippen molar-refractivity contribution in [1.82, 2.24) is 9.55 Å². The molecule has 0 radical (unpaired) electrons. The van der Waals surface area contributed by atoms with E-state index in [1.54, 1.807) is 0 Å². The minimum Gasteiger partial charge on any atom is -0.460 e. The summed E-state index contributed by atoms with van der Waals surface area (Å²) < 4.78 is 10.1. The molecule has 2 aromatic heterocycles. The molecule has 4 rings (SSSR count). The fourth-order valence-corrected chi connectivity index (χ4v) is 2.62. The third kappa shape index (κ3) is 2.45. The van der Waals surface area contributed by atoms with Gasteiger partial charge in [0.2, 0.25) is 12.6 Å². The van der Waals surface area contributed by atoms with Gasteiger partial charge in [0.15, 0.2) is 5.52 Å². The first-order valence-electron chi connectivity index (χ1n) is 7.92. The molecule has 0 bridgehead atoms. The molecule has 3 aromatic rings. The maximum absolute atomic E-state index is 5.79. The van der Waals surface area contributed by atoms with Crippen molar-refractivity contribution in [2.75, 3.05) is 0 Å². The van der Waals surface area contributed by atoms with Crippen LogP contribution in [0.15, 0.2) is 42.6 Å². The molecule has 0 N–H and O–H groups in total. The Hall–Kier alpha value is -2.36. The minimum atomic E-state index is 0.537. The van der Waals surface area contributed by atoms with Crippen LogP contribution in [0.2, 0.25) is 0 Å². The zero-order valence-electron chi connectivity index (χ0n) is 14.0. The van der Waals surface area contributed by atoms with E-state index in [0.717, 1.165) is 28.3 Å². The van der Waals surface area contributed by atoms with E-state index in [9.17, 15) is 0 Å². The Morgan fingerprint density at radius 3 is 2.55 bits per heavy atom. The lowest BCUT2D eigenvalue weighted by Gasteiger charge is -2.16. The Balaban J connectivity index is 0.000000410. The second-order valence-corrected chi connectivity index (χ2v) is 4.43. The van der Waals surface area contributed by atoms with E-state index >= 15 is 0 Å². The molecule has 0 fully saturated rings. The van der Waals surface area contributed by atoms with Crippen LogP contribution in [-0.2, 0) is 13.8 Å². The van der Waals surface area contributed by atoms with Crippen LogP contribution in [0, 0.1) is 0 Å². The second kappa shape index (κ2) is 7.07. The van der Waals surface area contributed by atoms with E-state index in [0.29, 0.717) is 6.73 Å². The van der Waals surface area contributed by atoms with Crippen molar-refractivity contribution in [3.8, 4) is 17.1 Å². The molecule has 1 aliphatic rings. The summed E-state index contributed by atoms with van der Waals surface area (Å²) in [6, 6.07) is 12.1. The summed E-state index contributed by atoms with van der Waals surface area (Å²) in [6.07, 6.45) is 1.82. The number of hydrogen-bond donors (Lipinski definition) is 0. The predicted molar refractivity (Wildman–Crippen MR) is 89.7 cm³/mol. The number of ether oxygens (including phenoxy) is 1. The highest BCUT2D eigenvalue weighted by atomic mass is 16.5. The Morgan fingerprint density at radius 2 is 1.77 bits per heavy atom. The van der Waals surface area contributed by atoms with Gasteiger partial charge in [0.25, 0.3) is 0 Å².